The number of aliphatic imine (C=N–C) groups is 1. The van der Waals surface area contributed by atoms with Crippen LogP contribution in [0.5, 0.6) is 5.75 Å². The Bertz CT molecular complexity index is 1850. The summed E-state index contributed by atoms with van der Waals surface area (Å²) in [4.78, 5) is 26.6. The second kappa shape index (κ2) is 16.0. The molecule has 0 amide bonds. The number of pyridine rings is 1. The number of esters is 1. The van der Waals surface area contributed by atoms with Crippen LogP contribution >= 0.6 is 11.3 Å². The number of ether oxygens (including phenoxy) is 2. The number of thiazole rings is 1. The number of methoxy groups -OCH3 is 2. The fourth-order valence-electron chi connectivity index (χ4n) is 5.60. The summed E-state index contributed by atoms with van der Waals surface area (Å²) in [5, 5.41) is 5.87. The fourth-order valence-corrected chi connectivity index (χ4v) is 6.63. The van der Waals surface area contributed by atoms with E-state index < -0.39 is 0 Å². The van der Waals surface area contributed by atoms with E-state index in [1.807, 2.05) is 67.7 Å². The minimum atomic E-state index is -0.305. The third-order valence-corrected chi connectivity index (χ3v) is 9.22. The molecule has 248 valence electrons. The van der Waals surface area contributed by atoms with Gasteiger partial charge in [-0.15, -0.1) is 11.3 Å². The van der Waals surface area contributed by atoms with Gasteiger partial charge in [-0.25, -0.2) is 25.6 Å². The Morgan fingerprint density at radius 2 is 1.96 bits per heavy atom. The van der Waals surface area contributed by atoms with Crippen molar-refractivity contribution in [2.24, 2.45) is 16.6 Å². The quantitative estimate of drug-likeness (QED) is 0.0476. The van der Waals surface area contributed by atoms with Gasteiger partial charge in [-0.05, 0) is 92.1 Å². The molecule has 2 heterocycles. The van der Waals surface area contributed by atoms with E-state index in [2.05, 4.69) is 34.2 Å². The molecule has 0 saturated carbocycles. The Balaban J connectivity index is 1.21. The number of fused-ring (bicyclic) bond motifs is 1. The first kappa shape index (κ1) is 34.1. The summed E-state index contributed by atoms with van der Waals surface area (Å²) in [6, 6.07) is 17.2. The van der Waals surface area contributed by atoms with Crippen molar-refractivity contribution in [2.75, 3.05) is 19.5 Å². The molecule has 1 atom stereocenters. The number of hydrogen-bond donors (Lipinski definition) is 3. The molecule has 2 aromatic heterocycles. The maximum atomic E-state index is 12.0. The van der Waals surface area contributed by atoms with E-state index in [0.717, 1.165) is 53.1 Å². The number of aromatic nitrogens is 2. The van der Waals surface area contributed by atoms with E-state index in [9.17, 15) is 4.79 Å². The summed E-state index contributed by atoms with van der Waals surface area (Å²) in [6.45, 7) is 6.24. The monoisotopic (exact) mass is 663 g/mol. The van der Waals surface area contributed by atoms with Crippen molar-refractivity contribution in [3.05, 3.63) is 134 Å². The molecule has 1 unspecified atom stereocenters. The van der Waals surface area contributed by atoms with Crippen molar-refractivity contribution in [3.63, 3.8) is 0 Å². The number of rotatable bonds is 13. The highest BCUT2D eigenvalue weighted by Gasteiger charge is 2.25. The van der Waals surface area contributed by atoms with Gasteiger partial charge in [0.25, 0.3) is 0 Å². The van der Waals surface area contributed by atoms with Gasteiger partial charge >= 0.3 is 5.97 Å². The Morgan fingerprint density at radius 3 is 2.71 bits per heavy atom. The fraction of sp³-hybridized carbons (Fsp3) is 0.243. The number of carbonyl (C=O) groups is 1. The third kappa shape index (κ3) is 8.75. The summed E-state index contributed by atoms with van der Waals surface area (Å²) < 4.78 is 10.1. The number of nitrogens with zero attached hydrogens (tertiary/aromatic N) is 4. The molecule has 0 aliphatic heterocycles. The van der Waals surface area contributed by atoms with Crippen LogP contribution < -0.4 is 21.6 Å². The first-order valence-electron chi connectivity index (χ1n) is 15.6. The largest absolute Gasteiger partial charge is 0.497 e. The van der Waals surface area contributed by atoms with E-state index in [0.29, 0.717) is 29.4 Å². The molecule has 0 saturated heterocycles. The first-order chi connectivity index (χ1) is 23.3. The molecule has 1 aliphatic carbocycles. The van der Waals surface area contributed by atoms with Gasteiger partial charge in [-0.3, -0.25) is 0 Å². The number of benzene rings is 2. The summed E-state index contributed by atoms with van der Waals surface area (Å²) in [6.07, 6.45) is 13.2. The van der Waals surface area contributed by atoms with Crippen LogP contribution in [-0.4, -0.2) is 41.9 Å². The number of allylic oxidation sites excluding steroid dienone is 3. The van der Waals surface area contributed by atoms with Crippen LogP contribution in [0.25, 0.3) is 5.70 Å². The summed E-state index contributed by atoms with van der Waals surface area (Å²) in [5.41, 5.74) is 12.7. The molecule has 48 heavy (non-hydrogen) atoms. The molecule has 10 nitrogen and oxygen atoms in total. The average molecular weight is 664 g/mol. The minimum absolute atomic E-state index is 0.235. The van der Waals surface area contributed by atoms with E-state index in [4.69, 9.17) is 26.0 Å². The van der Waals surface area contributed by atoms with E-state index in [1.54, 1.807) is 30.8 Å². The van der Waals surface area contributed by atoms with Gasteiger partial charge in [0, 0.05) is 41.4 Å². The number of nitrogens with one attached hydrogen (secondary N) is 1. The van der Waals surface area contributed by atoms with Crippen molar-refractivity contribution in [2.45, 2.75) is 45.1 Å². The second-order valence-corrected chi connectivity index (χ2v) is 12.7. The van der Waals surface area contributed by atoms with Crippen LogP contribution in [0.15, 0.2) is 102 Å². The number of hydrazine groups is 1. The van der Waals surface area contributed by atoms with E-state index >= 15 is 0 Å². The molecule has 0 bridgehead atoms. The minimum Gasteiger partial charge on any atom is -0.497 e. The van der Waals surface area contributed by atoms with Crippen molar-refractivity contribution in [1.29, 1.82) is 0 Å². The zero-order chi connectivity index (χ0) is 34.0. The maximum absolute atomic E-state index is 12.0. The smallest absolute Gasteiger partial charge is 0.337 e. The van der Waals surface area contributed by atoms with Crippen molar-refractivity contribution in [1.82, 2.24) is 15.0 Å². The van der Waals surface area contributed by atoms with Gasteiger partial charge in [0.15, 0.2) is 0 Å². The van der Waals surface area contributed by atoms with Crippen molar-refractivity contribution >= 4 is 35.5 Å². The molecule has 5 N–H and O–H groups in total. The Labute approximate surface area is 285 Å². The Kier molecular flexibility index (Phi) is 11.4. The van der Waals surface area contributed by atoms with Crippen molar-refractivity contribution < 1.29 is 14.3 Å². The molecular formula is C37H41N7O3S. The lowest BCUT2D eigenvalue weighted by atomic mass is 9.82. The van der Waals surface area contributed by atoms with E-state index in [-0.39, 0.29) is 11.9 Å². The van der Waals surface area contributed by atoms with Crippen LogP contribution in [0.1, 0.15) is 68.2 Å². The topological polar surface area (TPSA) is 141 Å². The number of carbonyl (C=O) groups excluding carboxylic acids is 1. The molecule has 0 radical (unpaired) electrons. The summed E-state index contributed by atoms with van der Waals surface area (Å²) in [5.74, 6) is 8.07. The van der Waals surface area contributed by atoms with Gasteiger partial charge in [0.2, 0.25) is 0 Å². The van der Waals surface area contributed by atoms with Crippen molar-refractivity contribution in [3.8, 4) is 5.75 Å². The molecular weight excluding hydrogens is 623 g/mol. The number of nitrogens with two attached hydrogens (primary N) is 2. The SMILES string of the molecule is C=N/C(=C\C(C)=C/Cc1cnc(C2CCCc3cc(C(=O)OC)ccc32)s1)Nc1cc(/C(N)=C/N(N)Cc2ccc(OC)cc2)ccn1. The predicted molar refractivity (Wildman–Crippen MR) is 193 cm³/mol. The predicted octanol–water partition coefficient (Wildman–Crippen LogP) is 6.58. The summed E-state index contributed by atoms with van der Waals surface area (Å²) in [7, 11) is 3.05. The van der Waals surface area contributed by atoms with Crippen LogP contribution in [0.4, 0.5) is 5.82 Å². The maximum Gasteiger partial charge on any atom is 0.337 e. The molecule has 2 aromatic carbocycles. The lowest BCUT2D eigenvalue weighted by molar-refractivity contribution is 0.0600. The van der Waals surface area contributed by atoms with E-state index in [1.165, 1.54) is 28.1 Å². The average Bonchev–Trinajstić information content (AvgIpc) is 3.59. The van der Waals surface area contributed by atoms with Crippen LogP contribution in [0.3, 0.4) is 0 Å². The molecule has 5 rings (SSSR count). The first-order valence-corrected chi connectivity index (χ1v) is 16.4. The van der Waals surface area contributed by atoms with Crippen LogP contribution in [0.2, 0.25) is 0 Å². The number of hydrogen-bond acceptors (Lipinski definition) is 11. The molecule has 0 fully saturated rings. The highest BCUT2D eigenvalue weighted by atomic mass is 32.1. The number of anilines is 1. The lowest BCUT2D eigenvalue weighted by Crippen LogP contribution is -2.25. The van der Waals surface area contributed by atoms with Gasteiger partial charge in [-0.1, -0.05) is 29.8 Å². The lowest BCUT2D eigenvalue weighted by Gasteiger charge is -2.24. The van der Waals surface area contributed by atoms with Crippen LogP contribution in [-0.2, 0) is 24.1 Å². The van der Waals surface area contributed by atoms with Gasteiger partial charge < -0.3 is 25.5 Å². The highest BCUT2D eigenvalue weighted by Crippen LogP contribution is 2.39. The van der Waals surface area contributed by atoms with Gasteiger partial charge in [-0.2, -0.15) is 0 Å². The Hall–Kier alpha value is -5.26. The standard InChI is InChI=1S/C37H41N7O3S/c1-24(8-14-30-21-42-36(48-30)32-7-5-6-26-19-28(37(45)47-4)11-15-31(26)32)18-34(40-2)43-35-20-27(16-17-41-35)33(38)23-44(39)22-25-9-12-29(46-3)13-10-25/h8-13,15-21,23,32H,2,5-7,14,22,38-39H2,1,3-4H3,(H,41,43)/b24-8-,33-23-,34-18+. The van der Waals surface area contributed by atoms with Gasteiger partial charge in [0.1, 0.15) is 22.4 Å². The zero-order valence-corrected chi connectivity index (χ0v) is 28.3. The number of aryl methyl sites for hydroxylation is 1. The second-order valence-electron chi connectivity index (χ2n) is 11.5. The highest BCUT2D eigenvalue weighted by molar-refractivity contribution is 7.11. The van der Waals surface area contributed by atoms with Crippen LogP contribution in [0, 0.1) is 0 Å². The molecule has 11 heteroatoms. The normalized spacial score (nSPS) is 15.0. The zero-order valence-electron chi connectivity index (χ0n) is 27.5. The molecule has 1 aliphatic rings. The van der Waals surface area contributed by atoms with Gasteiger partial charge in [0.05, 0.1) is 32.0 Å². The Morgan fingerprint density at radius 1 is 1.15 bits per heavy atom. The molecule has 4 aromatic rings. The third-order valence-electron chi connectivity index (χ3n) is 8.09. The summed E-state index contributed by atoms with van der Waals surface area (Å²) >= 11 is 1.73. The molecule has 0 spiro atoms.